The van der Waals surface area contributed by atoms with Crippen molar-refractivity contribution in [3.63, 3.8) is 0 Å². The van der Waals surface area contributed by atoms with Gasteiger partial charge in [-0.25, -0.2) is 0 Å². The van der Waals surface area contributed by atoms with Crippen LogP contribution in [0.15, 0.2) is 69.8 Å². The number of nitrogens with one attached hydrogen (secondary N) is 1. The standard InChI is InChI=1S/C20H16BrN3O2/c1-12-10-17(24-26-12)23-18(14-4-2-6-15(21)11-14)16-8-7-13-5-3-9-22-19(13)20(16)25/h2-11,18,25H,1H3,(H,23,24)/t18-/m1/s1. The van der Waals surface area contributed by atoms with Gasteiger partial charge in [0.05, 0.1) is 6.04 Å². The second-order valence-electron chi connectivity index (χ2n) is 6.03. The van der Waals surface area contributed by atoms with Crippen LogP contribution in [0.25, 0.3) is 10.9 Å². The molecule has 2 aromatic carbocycles. The van der Waals surface area contributed by atoms with Crippen molar-refractivity contribution in [2.75, 3.05) is 5.32 Å². The first-order valence-corrected chi connectivity index (χ1v) is 8.93. The highest BCUT2D eigenvalue weighted by Crippen LogP contribution is 2.36. The molecule has 2 aromatic heterocycles. The maximum atomic E-state index is 10.9. The first kappa shape index (κ1) is 16.6. The Morgan fingerprint density at radius 2 is 2.00 bits per heavy atom. The molecule has 5 nitrogen and oxygen atoms in total. The van der Waals surface area contributed by atoms with Crippen LogP contribution in [0.5, 0.6) is 5.75 Å². The van der Waals surface area contributed by atoms with Crippen LogP contribution in [-0.4, -0.2) is 15.2 Å². The molecule has 26 heavy (non-hydrogen) atoms. The fraction of sp³-hybridized carbons (Fsp3) is 0.100. The van der Waals surface area contributed by atoms with Gasteiger partial charge in [-0.05, 0) is 30.7 Å². The van der Waals surface area contributed by atoms with Gasteiger partial charge in [0.25, 0.3) is 0 Å². The Bertz CT molecular complexity index is 1080. The van der Waals surface area contributed by atoms with E-state index in [9.17, 15) is 5.11 Å². The zero-order valence-corrected chi connectivity index (χ0v) is 15.6. The van der Waals surface area contributed by atoms with Gasteiger partial charge in [0.1, 0.15) is 17.0 Å². The molecule has 0 bridgehead atoms. The maximum absolute atomic E-state index is 10.9. The number of aromatic nitrogens is 2. The number of hydrogen-bond donors (Lipinski definition) is 2. The van der Waals surface area contributed by atoms with Crippen molar-refractivity contribution in [2.24, 2.45) is 0 Å². The number of benzene rings is 2. The topological polar surface area (TPSA) is 71.2 Å². The molecule has 1 atom stereocenters. The molecule has 0 saturated carbocycles. The SMILES string of the molecule is Cc1cc(N[C@H](c2cccc(Br)c2)c2ccc3cccnc3c2O)no1. The molecule has 6 heteroatoms. The van der Waals surface area contributed by atoms with Gasteiger partial charge >= 0.3 is 0 Å². The van der Waals surface area contributed by atoms with E-state index in [4.69, 9.17) is 4.52 Å². The van der Waals surface area contributed by atoms with Crippen LogP contribution in [0, 0.1) is 6.92 Å². The van der Waals surface area contributed by atoms with Crippen LogP contribution in [0.3, 0.4) is 0 Å². The van der Waals surface area contributed by atoms with Gasteiger partial charge in [0.2, 0.25) is 0 Å². The number of pyridine rings is 1. The van der Waals surface area contributed by atoms with E-state index >= 15 is 0 Å². The Labute approximate surface area is 158 Å². The molecule has 0 aliphatic heterocycles. The summed E-state index contributed by atoms with van der Waals surface area (Å²) in [5.74, 6) is 1.47. The fourth-order valence-electron chi connectivity index (χ4n) is 2.99. The molecule has 0 radical (unpaired) electrons. The van der Waals surface area contributed by atoms with Crippen molar-refractivity contribution in [1.29, 1.82) is 0 Å². The smallest absolute Gasteiger partial charge is 0.170 e. The third kappa shape index (κ3) is 3.15. The van der Waals surface area contributed by atoms with Crippen molar-refractivity contribution in [2.45, 2.75) is 13.0 Å². The minimum Gasteiger partial charge on any atom is -0.505 e. The van der Waals surface area contributed by atoms with Gasteiger partial charge in [0, 0.05) is 27.7 Å². The monoisotopic (exact) mass is 409 g/mol. The van der Waals surface area contributed by atoms with Crippen LogP contribution in [-0.2, 0) is 0 Å². The van der Waals surface area contributed by atoms with E-state index in [-0.39, 0.29) is 11.8 Å². The first-order chi connectivity index (χ1) is 12.6. The third-order valence-electron chi connectivity index (χ3n) is 4.19. The summed E-state index contributed by atoms with van der Waals surface area (Å²) in [6, 6.07) is 17.1. The van der Waals surface area contributed by atoms with Crippen LogP contribution in [0.1, 0.15) is 22.9 Å². The first-order valence-electron chi connectivity index (χ1n) is 8.14. The lowest BCUT2D eigenvalue weighted by atomic mass is 9.96. The van der Waals surface area contributed by atoms with Crippen molar-refractivity contribution >= 4 is 32.7 Å². The normalized spacial score (nSPS) is 12.2. The highest BCUT2D eigenvalue weighted by atomic mass is 79.9. The number of anilines is 1. The molecule has 0 aliphatic rings. The number of nitrogens with zero attached hydrogens (tertiary/aromatic N) is 2. The van der Waals surface area contributed by atoms with E-state index in [0.717, 1.165) is 21.0 Å². The summed E-state index contributed by atoms with van der Waals surface area (Å²) in [7, 11) is 0. The number of phenolic OH excluding ortho intramolecular Hbond substituents is 1. The van der Waals surface area contributed by atoms with Gasteiger partial charge in [-0.15, -0.1) is 0 Å². The lowest BCUT2D eigenvalue weighted by molar-refractivity contribution is 0.399. The molecule has 0 saturated heterocycles. The van der Waals surface area contributed by atoms with E-state index in [1.165, 1.54) is 0 Å². The molecule has 0 fully saturated rings. The van der Waals surface area contributed by atoms with E-state index in [0.29, 0.717) is 17.1 Å². The number of hydrogen-bond acceptors (Lipinski definition) is 5. The minimum absolute atomic E-state index is 0.154. The lowest BCUT2D eigenvalue weighted by Crippen LogP contribution is -2.13. The predicted molar refractivity (Wildman–Crippen MR) is 104 cm³/mol. The molecular weight excluding hydrogens is 394 g/mol. The van der Waals surface area contributed by atoms with Crippen LogP contribution in [0.2, 0.25) is 0 Å². The quantitative estimate of drug-likeness (QED) is 0.484. The summed E-state index contributed by atoms with van der Waals surface area (Å²) < 4.78 is 6.12. The number of rotatable bonds is 4. The maximum Gasteiger partial charge on any atom is 0.170 e. The van der Waals surface area contributed by atoms with E-state index in [2.05, 4.69) is 31.4 Å². The zero-order chi connectivity index (χ0) is 18.1. The molecule has 4 aromatic rings. The van der Waals surface area contributed by atoms with E-state index < -0.39 is 0 Å². The van der Waals surface area contributed by atoms with Gasteiger partial charge < -0.3 is 14.9 Å². The highest BCUT2D eigenvalue weighted by molar-refractivity contribution is 9.10. The van der Waals surface area contributed by atoms with Crippen LogP contribution < -0.4 is 5.32 Å². The third-order valence-corrected chi connectivity index (χ3v) is 4.69. The number of fused-ring (bicyclic) bond motifs is 1. The summed E-state index contributed by atoms with van der Waals surface area (Å²) >= 11 is 3.51. The Hall–Kier alpha value is -2.86. The summed E-state index contributed by atoms with van der Waals surface area (Å²) in [5.41, 5.74) is 2.27. The Morgan fingerprint density at radius 3 is 2.77 bits per heavy atom. The van der Waals surface area contributed by atoms with Crippen molar-refractivity contribution in [1.82, 2.24) is 10.1 Å². The van der Waals surface area contributed by atoms with Crippen molar-refractivity contribution in [3.05, 3.63) is 82.2 Å². The predicted octanol–water partition coefficient (Wildman–Crippen LogP) is 5.20. The molecule has 0 amide bonds. The molecule has 4 rings (SSSR count). The van der Waals surface area contributed by atoms with Gasteiger partial charge in [-0.2, -0.15) is 0 Å². The van der Waals surface area contributed by atoms with Crippen LogP contribution >= 0.6 is 15.9 Å². The van der Waals surface area contributed by atoms with Crippen LogP contribution in [0.4, 0.5) is 5.82 Å². The molecule has 0 aliphatic carbocycles. The molecular formula is C20H16BrN3O2. The Balaban J connectivity index is 1.86. The second kappa shape index (κ2) is 6.80. The minimum atomic E-state index is -0.316. The Kier molecular flexibility index (Phi) is 4.34. The molecule has 130 valence electrons. The molecule has 2 N–H and O–H groups in total. The van der Waals surface area contributed by atoms with Gasteiger partial charge in [-0.1, -0.05) is 51.4 Å². The van der Waals surface area contributed by atoms with Gasteiger partial charge in [-0.3, -0.25) is 4.98 Å². The number of aromatic hydroxyl groups is 1. The summed E-state index contributed by atoms with van der Waals surface area (Å²) in [6.07, 6.45) is 1.67. The van der Waals surface area contributed by atoms with Crippen molar-refractivity contribution < 1.29 is 9.63 Å². The highest BCUT2D eigenvalue weighted by Gasteiger charge is 2.21. The molecule has 0 spiro atoms. The average Bonchev–Trinajstić information content (AvgIpc) is 3.06. The second-order valence-corrected chi connectivity index (χ2v) is 6.95. The summed E-state index contributed by atoms with van der Waals surface area (Å²) in [4.78, 5) is 4.32. The summed E-state index contributed by atoms with van der Waals surface area (Å²) in [6.45, 7) is 1.84. The molecule has 0 unspecified atom stereocenters. The largest absolute Gasteiger partial charge is 0.505 e. The zero-order valence-electron chi connectivity index (χ0n) is 14.0. The Morgan fingerprint density at radius 1 is 1.12 bits per heavy atom. The number of halogens is 1. The van der Waals surface area contributed by atoms with Gasteiger partial charge in [0.15, 0.2) is 5.82 Å². The summed E-state index contributed by atoms with van der Waals surface area (Å²) in [5, 5.41) is 19.1. The molecule has 2 heterocycles. The van der Waals surface area contributed by atoms with Crippen molar-refractivity contribution in [3.8, 4) is 5.75 Å². The van der Waals surface area contributed by atoms with E-state index in [1.807, 2.05) is 61.5 Å². The lowest BCUT2D eigenvalue weighted by Gasteiger charge is -2.21. The number of phenols is 1. The fourth-order valence-corrected chi connectivity index (χ4v) is 3.40. The van der Waals surface area contributed by atoms with E-state index in [1.54, 1.807) is 6.20 Å². The average molecular weight is 410 g/mol. The number of aryl methyl sites for hydroxylation is 1.